The number of rotatable bonds is 3. The van der Waals surface area contributed by atoms with Crippen LogP contribution in [-0.2, 0) is 6.42 Å². The van der Waals surface area contributed by atoms with E-state index in [9.17, 15) is 0 Å². The quantitative estimate of drug-likeness (QED) is 0.880. The van der Waals surface area contributed by atoms with E-state index in [1.165, 1.54) is 30.6 Å². The van der Waals surface area contributed by atoms with Crippen molar-refractivity contribution < 1.29 is 4.74 Å². The summed E-state index contributed by atoms with van der Waals surface area (Å²) < 4.78 is 5.50. The second-order valence-corrected chi connectivity index (χ2v) is 5.48. The highest BCUT2D eigenvalue weighted by Crippen LogP contribution is 2.43. The molecule has 0 aromatic heterocycles. The minimum atomic E-state index is 0.690. The lowest BCUT2D eigenvalue weighted by atomic mass is 9.77. The maximum Gasteiger partial charge on any atom is 0.122 e. The van der Waals surface area contributed by atoms with Crippen LogP contribution in [0.3, 0.4) is 0 Å². The van der Waals surface area contributed by atoms with Crippen molar-refractivity contribution in [1.82, 2.24) is 4.90 Å². The van der Waals surface area contributed by atoms with Gasteiger partial charge in [0.15, 0.2) is 0 Å². The molecule has 1 aliphatic heterocycles. The first-order valence-electron chi connectivity index (χ1n) is 6.91. The molecule has 3 nitrogen and oxygen atoms in total. The molecule has 3 heteroatoms. The molecule has 0 bridgehead atoms. The summed E-state index contributed by atoms with van der Waals surface area (Å²) in [4.78, 5) is 2.52. The van der Waals surface area contributed by atoms with E-state index in [4.69, 9.17) is 10.5 Å². The molecular weight excluding hydrogens is 224 g/mol. The molecule has 98 valence electrons. The third-order valence-corrected chi connectivity index (χ3v) is 4.52. The largest absolute Gasteiger partial charge is 0.496 e. The van der Waals surface area contributed by atoms with E-state index in [0.29, 0.717) is 5.92 Å². The van der Waals surface area contributed by atoms with Crippen molar-refractivity contribution in [2.24, 2.45) is 11.7 Å². The van der Waals surface area contributed by atoms with Crippen molar-refractivity contribution in [3.63, 3.8) is 0 Å². The SMILES string of the molecule is COc1cccc2c1CC[C@@H]1CN(CCN)C[C@@H]21. The van der Waals surface area contributed by atoms with Crippen LogP contribution in [0.25, 0.3) is 0 Å². The molecule has 0 radical (unpaired) electrons. The monoisotopic (exact) mass is 246 g/mol. The van der Waals surface area contributed by atoms with Gasteiger partial charge in [0, 0.05) is 32.1 Å². The molecule has 1 aromatic rings. The number of nitrogens with two attached hydrogens (primary N) is 1. The maximum absolute atomic E-state index is 5.68. The smallest absolute Gasteiger partial charge is 0.122 e. The number of benzene rings is 1. The van der Waals surface area contributed by atoms with Gasteiger partial charge in [0.25, 0.3) is 0 Å². The first-order valence-corrected chi connectivity index (χ1v) is 6.91. The van der Waals surface area contributed by atoms with Crippen LogP contribution in [-0.4, -0.2) is 38.2 Å². The molecule has 2 atom stereocenters. The summed E-state index contributed by atoms with van der Waals surface area (Å²) >= 11 is 0. The predicted octanol–water partition coefficient (Wildman–Crippen LogP) is 1.62. The zero-order valence-corrected chi connectivity index (χ0v) is 11.1. The number of ether oxygens (including phenoxy) is 1. The van der Waals surface area contributed by atoms with Gasteiger partial charge in [-0.25, -0.2) is 0 Å². The molecule has 1 fully saturated rings. The summed E-state index contributed by atoms with van der Waals surface area (Å²) in [6.45, 7) is 4.19. The van der Waals surface area contributed by atoms with E-state index in [-0.39, 0.29) is 0 Å². The second kappa shape index (κ2) is 4.90. The fraction of sp³-hybridized carbons (Fsp3) is 0.600. The Balaban J connectivity index is 1.89. The fourth-order valence-electron chi connectivity index (χ4n) is 3.69. The van der Waals surface area contributed by atoms with Crippen molar-refractivity contribution in [2.75, 3.05) is 33.3 Å². The van der Waals surface area contributed by atoms with Crippen molar-refractivity contribution >= 4 is 0 Å². The molecule has 0 saturated carbocycles. The molecule has 1 aromatic carbocycles. The molecule has 2 N–H and O–H groups in total. The van der Waals surface area contributed by atoms with E-state index in [0.717, 1.165) is 31.2 Å². The zero-order chi connectivity index (χ0) is 12.5. The summed E-state index contributed by atoms with van der Waals surface area (Å²) in [5.74, 6) is 2.58. The Labute approximate surface area is 109 Å². The summed E-state index contributed by atoms with van der Waals surface area (Å²) in [5, 5.41) is 0. The number of nitrogens with zero attached hydrogens (tertiary/aromatic N) is 1. The van der Waals surface area contributed by atoms with Gasteiger partial charge in [-0.2, -0.15) is 0 Å². The van der Waals surface area contributed by atoms with Crippen LogP contribution in [0.15, 0.2) is 18.2 Å². The lowest BCUT2D eigenvalue weighted by Crippen LogP contribution is -2.27. The normalized spacial score (nSPS) is 26.8. The van der Waals surface area contributed by atoms with Gasteiger partial charge in [0.05, 0.1) is 7.11 Å². The van der Waals surface area contributed by atoms with Crippen LogP contribution in [0.5, 0.6) is 5.75 Å². The number of fused-ring (bicyclic) bond motifs is 3. The van der Waals surface area contributed by atoms with Crippen molar-refractivity contribution in [1.29, 1.82) is 0 Å². The van der Waals surface area contributed by atoms with Crippen LogP contribution in [0.4, 0.5) is 0 Å². The van der Waals surface area contributed by atoms with Gasteiger partial charge in [0.2, 0.25) is 0 Å². The highest BCUT2D eigenvalue weighted by atomic mass is 16.5. The molecule has 0 unspecified atom stereocenters. The van der Waals surface area contributed by atoms with Gasteiger partial charge in [-0.05, 0) is 36.0 Å². The van der Waals surface area contributed by atoms with Crippen molar-refractivity contribution in [2.45, 2.75) is 18.8 Å². The van der Waals surface area contributed by atoms with Gasteiger partial charge in [0.1, 0.15) is 5.75 Å². The van der Waals surface area contributed by atoms with E-state index < -0.39 is 0 Å². The average Bonchev–Trinajstić information content (AvgIpc) is 2.81. The van der Waals surface area contributed by atoms with Crippen LogP contribution >= 0.6 is 0 Å². The maximum atomic E-state index is 5.68. The molecule has 3 rings (SSSR count). The predicted molar refractivity (Wildman–Crippen MR) is 73.0 cm³/mol. The molecule has 1 heterocycles. The first-order chi connectivity index (χ1) is 8.83. The average molecular weight is 246 g/mol. The molecule has 1 aliphatic carbocycles. The molecule has 0 spiro atoms. The molecule has 2 aliphatic rings. The summed E-state index contributed by atoms with van der Waals surface area (Å²) in [6, 6.07) is 6.51. The highest BCUT2D eigenvalue weighted by Gasteiger charge is 2.37. The van der Waals surface area contributed by atoms with E-state index in [1.807, 2.05) is 0 Å². The third-order valence-electron chi connectivity index (χ3n) is 4.52. The topological polar surface area (TPSA) is 38.5 Å². The molecule has 18 heavy (non-hydrogen) atoms. The number of hydrogen-bond donors (Lipinski definition) is 1. The summed E-state index contributed by atoms with van der Waals surface area (Å²) in [6.07, 6.45) is 2.45. The molecular formula is C15H22N2O. The Morgan fingerprint density at radius 2 is 2.28 bits per heavy atom. The van der Waals surface area contributed by atoms with Gasteiger partial charge in [-0.3, -0.25) is 0 Å². The summed E-state index contributed by atoms with van der Waals surface area (Å²) in [5.41, 5.74) is 8.64. The second-order valence-electron chi connectivity index (χ2n) is 5.48. The first kappa shape index (κ1) is 12.0. The Kier molecular flexibility index (Phi) is 3.27. The fourth-order valence-corrected chi connectivity index (χ4v) is 3.69. The minimum Gasteiger partial charge on any atom is -0.496 e. The van der Waals surface area contributed by atoms with E-state index in [2.05, 4.69) is 23.1 Å². The van der Waals surface area contributed by atoms with E-state index >= 15 is 0 Å². The van der Waals surface area contributed by atoms with Gasteiger partial charge >= 0.3 is 0 Å². The highest BCUT2D eigenvalue weighted by molar-refractivity contribution is 5.44. The van der Waals surface area contributed by atoms with Crippen molar-refractivity contribution in [3.05, 3.63) is 29.3 Å². The Bertz CT molecular complexity index is 433. The molecule has 1 saturated heterocycles. The number of hydrogen-bond acceptors (Lipinski definition) is 3. The number of likely N-dealkylation sites (tertiary alicyclic amines) is 1. The van der Waals surface area contributed by atoms with Crippen molar-refractivity contribution in [3.8, 4) is 5.75 Å². The minimum absolute atomic E-state index is 0.690. The van der Waals surface area contributed by atoms with Crippen LogP contribution in [0.1, 0.15) is 23.5 Å². The van der Waals surface area contributed by atoms with Crippen LogP contribution in [0, 0.1) is 5.92 Å². The van der Waals surface area contributed by atoms with Gasteiger partial charge in [-0.15, -0.1) is 0 Å². The standard InChI is InChI=1S/C15H22N2O/c1-18-15-4-2-3-12-13(15)6-5-11-9-17(8-7-16)10-14(11)12/h2-4,11,14H,5-10,16H2,1H3/t11-,14-/m1/s1. The third kappa shape index (κ3) is 1.91. The lowest BCUT2D eigenvalue weighted by molar-refractivity contribution is 0.329. The Hall–Kier alpha value is -1.06. The molecule has 0 amide bonds. The number of methoxy groups -OCH3 is 1. The Morgan fingerprint density at radius 1 is 1.39 bits per heavy atom. The van der Waals surface area contributed by atoms with Gasteiger partial charge in [-0.1, -0.05) is 12.1 Å². The van der Waals surface area contributed by atoms with Crippen LogP contribution < -0.4 is 10.5 Å². The van der Waals surface area contributed by atoms with E-state index in [1.54, 1.807) is 7.11 Å². The Morgan fingerprint density at radius 3 is 3.06 bits per heavy atom. The zero-order valence-electron chi connectivity index (χ0n) is 11.1. The van der Waals surface area contributed by atoms with Gasteiger partial charge < -0.3 is 15.4 Å². The lowest BCUT2D eigenvalue weighted by Gasteiger charge is -2.28. The summed E-state index contributed by atoms with van der Waals surface area (Å²) in [7, 11) is 1.77. The van der Waals surface area contributed by atoms with Crippen LogP contribution in [0.2, 0.25) is 0 Å².